The van der Waals surface area contributed by atoms with Crippen LogP contribution in [-0.2, 0) is 6.42 Å². The van der Waals surface area contributed by atoms with Crippen LogP contribution in [0.1, 0.15) is 49.4 Å². The molecule has 0 spiro atoms. The molecule has 0 saturated carbocycles. The summed E-state index contributed by atoms with van der Waals surface area (Å²) < 4.78 is 34.3. The molecule has 4 rings (SSSR count). The third-order valence-electron chi connectivity index (χ3n) is 6.15. The molecule has 8 heteroatoms. The van der Waals surface area contributed by atoms with Crippen LogP contribution in [0.15, 0.2) is 35.4 Å². The van der Waals surface area contributed by atoms with Crippen molar-refractivity contribution in [2.75, 3.05) is 32.1 Å². The second-order valence-corrected chi connectivity index (χ2v) is 8.35. The van der Waals surface area contributed by atoms with Gasteiger partial charge in [-0.15, -0.1) is 0 Å². The van der Waals surface area contributed by atoms with Crippen molar-refractivity contribution in [3.63, 3.8) is 0 Å². The summed E-state index contributed by atoms with van der Waals surface area (Å²) >= 11 is 0. The van der Waals surface area contributed by atoms with Gasteiger partial charge in [0.05, 0.1) is 18.9 Å². The minimum Gasteiger partial charge on any atom is -0.493 e. The number of nitrogens with one attached hydrogen (secondary N) is 1. The molecule has 184 valence electrons. The number of urea groups is 1. The number of nitrogens with zero attached hydrogens (tertiary/aromatic N) is 3. The van der Waals surface area contributed by atoms with Crippen molar-refractivity contribution < 1.29 is 18.3 Å². The Balaban J connectivity index is 0.00000158. The summed E-state index contributed by atoms with van der Waals surface area (Å²) in [6.45, 7) is 8.68. The van der Waals surface area contributed by atoms with E-state index in [-0.39, 0.29) is 17.8 Å². The average Bonchev–Trinajstić information content (AvgIpc) is 3.22. The van der Waals surface area contributed by atoms with Crippen molar-refractivity contribution in [3.8, 4) is 5.75 Å². The minimum atomic E-state index is -0.809. The fraction of sp³-hybridized carbons (Fsp3) is 0.462. The number of amides is 2. The zero-order chi connectivity index (χ0) is 25.0. The van der Waals surface area contributed by atoms with Crippen LogP contribution in [0.5, 0.6) is 5.75 Å². The molecule has 2 heterocycles. The number of rotatable bonds is 3. The van der Waals surface area contributed by atoms with E-state index >= 15 is 4.39 Å². The third kappa shape index (κ3) is 4.86. The molecule has 2 atom stereocenters. The summed E-state index contributed by atoms with van der Waals surface area (Å²) in [6.07, 6.45) is 0.0136. The lowest BCUT2D eigenvalue weighted by Crippen LogP contribution is -2.41. The van der Waals surface area contributed by atoms with Crippen LogP contribution in [-0.4, -0.2) is 56.2 Å². The lowest BCUT2D eigenvalue weighted by atomic mass is 9.92. The van der Waals surface area contributed by atoms with E-state index in [9.17, 15) is 9.18 Å². The molecular formula is C26H34F2N4O2. The van der Waals surface area contributed by atoms with Crippen LogP contribution >= 0.6 is 0 Å². The average molecular weight is 473 g/mol. The Bertz CT molecular complexity index is 1060. The number of hydrazone groups is 1. The van der Waals surface area contributed by atoms with Crippen molar-refractivity contribution in [2.24, 2.45) is 5.10 Å². The van der Waals surface area contributed by atoms with E-state index in [1.54, 1.807) is 14.0 Å². The first kappa shape index (κ1) is 25.5. The summed E-state index contributed by atoms with van der Waals surface area (Å²) in [7, 11) is 2.99. The van der Waals surface area contributed by atoms with Crippen molar-refractivity contribution in [2.45, 2.75) is 52.8 Å². The molecule has 1 saturated heterocycles. The van der Waals surface area contributed by atoms with Gasteiger partial charge in [0, 0.05) is 42.5 Å². The molecule has 1 N–H and O–H groups in total. The van der Waals surface area contributed by atoms with Gasteiger partial charge in [-0.2, -0.15) is 5.10 Å². The highest BCUT2D eigenvalue weighted by Crippen LogP contribution is 2.34. The van der Waals surface area contributed by atoms with E-state index in [2.05, 4.69) is 10.4 Å². The molecule has 6 nitrogen and oxygen atoms in total. The highest BCUT2D eigenvalue weighted by atomic mass is 19.1. The SMILES string of the molecule is CC.CNC(=O)N1N=C(c2ccc(N3CCC(F)C3)cc2)c2cc(C)c(OC)c(F)c2CC1C. The van der Waals surface area contributed by atoms with E-state index in [0.29, 0.717) is 48.3 Å². The molecule has 2 aliphatic rings. The lowest BCUT2D eigenvalue weighted by Gasteiger charge is -2.22. The number of hydrogen-bond acceptors (Lipinski definition) is 4. The Morgan fingerprint density at radius 2 is 1.91 bits per heavy atom. The summed E-state index contributed by atoms with van der Waals surface area (Å²) in [5.41, 5.74) is 3.94. The topological polar surface area (TPSA) is 57.2 Å². The Hall–Kier alpha value is -3.16. The first-order chi connectivity index (χ1) is 16.3. The summed E-state index contributed by atoms with van der Waals surface area (Å²) in [6, 6.07) is 8.74. The maximum Gasteiger partial charge on any atom is 0.337 e. The molecule has 0 aliphatic carbocycles. The van der Waals surface area contributed by atoms with Gasteiger partial charge in [-0.05, 0) is 50.5 Å². The fourth-order valence-electron chi connectivity index (χ4n) is 4.46. The molecule has 0 radical (unpaired) electrons. The maximum absolute atomic E-state index is 15.4. The zero-order valence-electron chi connectivity index (χ0n) is 20.8. The van der Waals surface area contributed by atoms with Gasteiger partial charge in [0.2, 0.25) is 0 Å². The van der Waals surface area contributed by atoms with Gasteiger partial charge in [0.15, 0.2) is 11.6 Å². The van der Waals surface area contributed by atoms with E-state index in [1.807, 2.05) is 56.0 Å². The van der Waals surface area contributed by atoms with Crippen LogP contribution in [0.2, 0.25) is 0 Å². The number of carbonyl (C=O) groups is 1. The zero-order valence-corrected chi connectivity index (χ0v) is 20.8. The number of halogens is 2. The number of fused-ring (bicyclic) bond motifs is 1. The van der Waals surface area contributed by atoms with Crippen LogP contribution in [0, 0.1) is 12.7 Å². The van der Waals surface area contributed by atoms with Gasteiger partial charge in [-0.25, -0.2) is 18.6 Å². The van der Waals surface area contributed by atoms with E-state index in [0.717, 1.165) is 11.3 Å². The van der Waals surface area contributed by atoms with E-state index in [4.69, 9.17) is 4.74 Å². The number of aryl methyl sites for hydroxylation is 1. The largest absolute Gasteiger partial charge is 0.493 e. The molecule has 34 heavy (non-hydrogen) atoms. The van der Waals surface area contributed by atoms with Crippen LogP contribution in [0.25, 0.3) is 0 Å². The van der Waals surface area contributed by atoms with Gasteiger partial charge in [-0.1, -0.05) is 26.0 Å². The van der Waals surface area contributed by atoms with Crippen molar-refractivity contribution in [1.82, 2.24) is 10.3 Å². The molecule has 2 amide bonds. The number of benzene rings is 2. The molecule has 2 aliphatic heterocycles. The van der Waals surface area contributed by atoms with E-state index in [1.165, 1.54) is 12.1 Å². The minimum absolute atomic E-state index is 0.203. The summed E-state index contributed by atoms with van der Waals surface area (Å²) in [4.78, 5) is 14.5. The number of methoxy groups -OCH3 is 1. The van der Waals surface area contributed by atoms with Gasteiger partial charge < -0.3 is 15.0 Å². The predicted octanol–water partition coefficient (Wildman–Crippen LogP) is 5.06. The van der Waals surface area contributed by atoms with Crippen LogP contribution < -0.4 is 15.0 Å². The first-order valence-electron chi connectivity index (χ1n) is 11.8. The summed E-state index contributed by atoms with van der Waals surface area (Å²) in [5.74, 6) is -0.225. The Labute approximate surface area is 200 Å². The lowest BCUT2D eigenvalue weighted by molar-refractivity contribution is 0.184. The second-order valence-electron chi connectivity index (χ2n) is 8.35. The van der Waals surface area contributed by atoms with Crippen molar-refractivity contribution in [1.29, 1.82) is 0 Å². The first-order valence-corrected chi connectivity index (χ1v) is 11.8. The molecule has 2 aromatic rings. The number of alkyl halides is 1. The third-order valence-corrected chi connectivity index (χ3v) is 6.15. The Kier molecular flexibility index (Phi) is 8.12. The van der Waals surface area contributed by atoms with Crippen molar-refractivity contribution in [3.05, 3.63) is 58.4 Å². The highest BCUT2D eigenvalue weighted by Gasteiger charge is 2.31. The van der Waals surface area contributed by atoms with Crippen LogP contribution in [0.3, 0.4) is 0 Å². The maximum atomic E-state index is 15.4. The Morgan fingerprint density at radius 1 is 1.24 bits per heavy atom. The monoisotopic (exact) mass is 472 g/mol. The number of hydrogen-bond donors (Lipinski definition) is 1. The Morgan fingerprint density at radius 3 is 2.47 bits per heavy atom. The number of carbonyl (C=O) groups excluding carboxylic acids is 1. The number of ether oxygens (including phenoxy) is 1. The summed E-state index contributed by atoms with van der Waals surface area (Å²) in [5, 5.41) is 8.64. The molecule has 2 aromatic carbocycles. The van der Waals surface area contributed by atoms with Gasteiger partial charge >= 0.3 is 6.03 Å². The molecule has 2 unspecified atom stereocenters. The number of anilines is 1. The molecule has 1 fully saturated rings. The van der Waals surface area contributed by atoms with Crippen molar-refractivity contribution >= 4 is 17.4 Å². The van der Waals surface area contributed by atoms with Gasteiger partial charge in [-0.3, -0.25) is 0 Å². The molecular weight excluding hydrogens is 438 g/mol. The van der Waals surface area contributed by atoms with Gasteiger partial charge in [0.1, 0.15) is 6.17 Å². The van der Waals surface area contributed by atoms with E-state index < -0.39 is 12.0 Å². The highest BCUT2D eigenvalue weighted by molar-refractivity contribution is 6.14. The standard InChI is InChI=1S/C24H28F2N4O2.C2H6/c1-14-11-20-19(21(26)23(14)32-4)12-15(2)30(24(31)27-3)28-22(20)16-5-7-18(8-6-16)29-10-9-17(25)13-29;1-2/h5-8,11,15,17H,9-10,12-13H2,1-4H3,(H,27,31);1-2H3. The molecule has 0 bridgehead atoms. The molecule has 0 aromatic heterocycles. The van der Waals surface area contributed by atoms with Crippen LogP contribution in [0.4, 0.5) is 19.3 Å². The second kappa shape index (κ2) is 10.8. The predicted molar refractivity (Wildman–Crippen MR) is 132 cm³/mol. The fourth-order valence-corrected chi connectivity index (χ4v) is 4.46. The van der Waals surface area contributed by atoms with Gasteiger partial charge in [0.25, 0.3) is 0 Å². The smallest absolute Gasteiger partial charge is 0.337 e. The quantitative estimate of drug-likeness (QED) is 0.680. The normalized spacial score (nSPS) is 19.5.